The van der Waals surface area contributed by atoms with E-state index in [1.54, 1.807) is 14.0 Å². The van der Waals surface area contributed by atoms with Gasteiger partial charge in [-0.3, -0.25) is 14.7 Å². The number of rotatable bonds is 14. The molecule has 4 unspecified atom stereocenters. The van der Waals surface area contributed by atoms with Gasteiger partial charge in [-0.1, -0.05) is 12.1 Å². The van der Waals surface area contributed by atoms with Gasteiger partial charge in [-0.05, 0) is 70.6 Å². The van der Waals surface area contributed by atoms with Gasteiger partial charge in [-0.25, -0.2) is 9.97 Å². The van der Waals surface area contributed by atoms with Gasteiger partial charge in [0.15, 0.2) is 30.6 Å². The van der Waals surface area contributed by atoms with Crippen LogP contribution in [0, 0.1) is 6.92 Å². The van der Waals surface area contributed by atoms with Crippen molar-refractivity contribution in [2.45, 2.75) is 77.7 Å². The predicted octanol–water partition coefficient (Wildman–Crippen LogP) is 2.29. The van der Waals surface area contributed by atoms with Crippen LogP contribution in [0.5, 0.6) is 5.75 Å². The van der Waals surface area contributed by atoms with Gasteiger partial charge in [0.1, 0.15) is 23.9 Å². The van der Waals surface area contributed by atoms with Crippen molar-refractivity contribution in [3.05, 3.63) is 41.2 Å². The van der Waals surface area contributed by atoms with Crippen LogP contribution in [0.25, 0.3) is 0 Å². The van der Waals surface area contributed by atoms with Crippen molar-refractivity contribution >= 4 is 23.9 Å². The Bertz CT molecular complexity index is 1190. The first-order chi connectivity index (χ1) is 22.2. The molecule has 0 amide bonds. The van der Waals surface area contributed by atoms with Gasteiger partial charge in [0, 0.05) is 33.2 Å². The third-order valence-electron chi connectivity index (χ3n) is 7.59. The normalized spacial score (nSPS) is 21.7. The second kappa shape index (κ2) is 19.8. The number of carbonyl (C=O) groups is 1. The van der Waals surface area contributed by atoms with Gasteiger partial charge in [-0.15, -0.1) is 0 Å². The Morgan fingerprint density at radius 2 is 1.65 bits per heavy atom. The molecule has 14 heteroatoms. The quantitative estimate of drug-likeness (QED) is 0.101. The van der Waals surface area contributed by atoms with Crippen LogP contribution in [0.1, 0.15) is 61.3 Å². The minimum absolute atomic E-state index is 0.0723. The van der Waals surface area contributed by atoms with Gasteiger partial charge >= 0.3 is 0 Å². The Labute approximate surface area is 272 Å². The average Bonchev–Trinajstić information content (AvgIpc) is 3.03. The van der Waals surface area contributed by atoms with E-state index in [0.717, 1.165) is 77.2 Å². The summed E-state index contributed by atoms with van der Waals surface area (Å²) in [6, 6.07) is 8.42. The maximum Gasteiger partial charge on any atom is 0.188 e. The van der Waals surface area contributed by atoms with Crippen LogP contribution < -0.4 is 27.3 Å². The molecular weight excluding hydrogens is 592 g/mol. The van der Waals surface area contributed by atoms with E-state index >= 15 is 0 Å². The second-order valence-electron chi connectivity index (χ2n) is 11.3. The van der Waals surface area contributed by atoms with Crippen molar-refractivity contribution in [1.82, 2.24) is 20.2 Å². The molecule has 14 nitrogen and oxygen atoms in total. The van der Waals surface area contributed by atoms with E-state index in [-0.39, 0.29) is 42.1 Å². The summed E-state index contributed by atoms with van der Waals surface area (Å²) in [4.78, 5) is 24.1. The largest absolute Gasteiger partial charge is 0.492 e. The molecule has 2 aliphatic rings. The fourth-order valence-corrected chi connectivity index (χ4v) is 5.03. The fraction of sp³-hybridized carbons (Fsp3) is 0.625. The first-order valence-electron chi connectivity index (χ1n) is 16.0. The molecule has 0 aliphatic carbocycles. The number of ether oxygens (including phenoxy) is 5. The minimum Gasteiger partial charge on any atom is -0.492 e. The van der Waals surface area contributed by atoms with Gasteiger partial charge in [0.05, 0.1) is 31.1 Å². The van der Waals surface area contributed by atoms with Crippen LogP contribution in [0.4, 0.5) is 11.6 Å². The SMILES string of the molecule is CN=C(N)NCCCCc1ccc(OCCN(CC2CCOC(C)O2)CC2CCOC(C)O2)cc1.Cc1nc(C=O)c(N)nc1N. The zero-order valence-corrected chi connectivity index (χ0v) is 27.7. The van der Waals surface area contributed by atoms with Crippen molar-refractivity contribution in [3.8, 4) is 5.75 Å². The van der Waals surface area contributed by atoms with E-state index in [4.69, 9.17) is 40.9 Å². The highest BCUT2D eigenvalue weighted by Crippen LogP contribution is 2.18. The van der Waals surface area contributed by atoms with E-state index in [1.807, 2.05) is 13.8 Å². The van der Waals surface area contributed by atoms with Crippen LogP contribution >= 0.6 is 0 Å². The lowest BCUT2D eigenvalue weighted by Crippen LogP contribution is -2.46. The number of nitrogens with one attached hydrogen (secondary N) is 1. The number of anilines is 2. The Morgan fingerprint density at radius 3 is 2.22 bits per heavy atom. The number of aromatic nitrogens is 2. The monoisotopic (exact) mass is 644 g/mol. The number of hydrogen-bond donors (Lipinski definition) is 4. The molecule has 0 spiro atoms. The van der Waals surface area contributed by atoms with Crippen molar-refractivity contribution in [1.29, 1.82) is 0 Å². The van der Waals surface area contributed by atoms with Crippen LogP contribution in [0.3, 0.4) is 0 Å². The van der Waals surface area contributed by atoms with Gasteiger partial charge in [0.25, 0.3) is 0 Å². The summed E-state index contributed by atoms with van der Waals surface area (Å²) in [7, 11) is 1.69. The van der Waals surface area contributed by atoms with Crippen LogP contribution in [-0.2, 0) is 25.4 Å². The third kappa shape index (κ3) is 13.4. The van der Waals surface area contributed by atoms with Crippen LogP contribution in [-0.4, -0.2) is 105 Å². The summed E-state index contributed by atoms with van der Waals surface area (Å²) in [5.74, 6) is 1.72. The summed E-state index contributed by atoms with van der Waals surface area (Å²) >= 11 is 0. The van der Waals surface area contributed by atoms with Gasteiger partial charge < -0.3 is 46.2 Å². The highest BCUT2D eigenvalue weighted by molar-refractivity contribution is 5.79. The fourth-order valence-electron chi connectivity index (χ4n) is 5.03. The van der Waals surface area contributed by atoms with Crippen molar-refractivity contribution in [3.63, 3.8) is 0 Å². The Morgan fingerprint density at radius 1 is 1.02 bits per heavy atom. The molecule has 0 radical (unpaired) electrons. The molecule has 7 N–H and O–H groups in total. The van der Waals surface area contributed by atoms with E-state index in [0.29, 0.717) is 24.5 Å². The number of hydrogen-bond acceptors (Lipinski definition) is 12. The molecule has 2 aliphatic heterocycles. The number of nitrogens with zero attached hydrogens (tertiary/aromatic N) is 4. The van der Waals surface area contributed by atoms with E-state index in [1.165, 1.54) is 5.56 Å². The number of unbranched alkanes of at least 4 members (excludes halogenated alkanes) is 1. The molecule has 2 aromatic rings. The number of nitrogen functional groups attached to an aromatic ring is 2. The Balaban J connectivity index is 0.000000441. The molecule has 256 valence electrons. The Kier molecular flexibility index (Phi) is 15.9. The number of aliphatic imine (C=N–C) groups is 1. The smallest absolute Gasteiger partial charge is 0.188 e. The lowest BCUT2D eigenvalue weighted by atomic mass is 10.1. The number of carbonyl (C=O) groups excluding carboxylic acids is 1. The summed E-state index contributed by atoms with van der Waals surface area (Å²) in [6.45, 7) is 11.0. The maximum absolute atomic E-state index is 10.3. The summed E-state index contributed by atoms with van der Waals surface area (Å²) < 4.78 is 29.1. The van der Waals surface area contributed by atoms with Gasteiger partial charge in [-0.2, -0.15) is 0 Å². The zero-order valence-electron chi connectivity index (χ0n) is 27.7. The number of nitrogens with two attached hydrogens (primary N) is 3. The summed E-state index contributed by atoms with van der Waals surface area (Å²) in [6.07, 6.45) is 5.57. The number of guanidine groups is 1. The lowest BCUT2D eigenvalue weighted by Gasteiger charge is -2.36. The highest BCUT2D eigenvalue weighted by Gasteiger charge is 2.26. The van der Waals surface area contributed by atoms with E-state index in [2.05, 4.69) is 49.4 Å². The highest BCUT2D eigenvalue weighted by atomic mass is 16.7. The van der Waals surface area contributed by atoms with Crippen LogP contribution in [0.2, 0.25) is 0 Å². The molecular formula is C32H52N8O6. The third-order valence-corrected chi connectivity index (χ3v) is 7.59. The van der Waals surface area contributed by atoms with E-state index < -0.39 is 0 Å². The molecule has 2 saturated heterocycles. The molecule has 4 rings (SSSR count). The topological polar surface area (TPSA) is 195 Å². The second-order valence-corrected chi connectivity index (χ2v) is 11.3. The van der Waals surface area contributed by atoms with Crippen molar-refractivity contribution < 1.29 is 28.5 Å². The average molecular weight is 645 g/mol. The van der Waals surface area contributed by atoms with Gasteiger partial charge in [0.2, 0.25) is 0 Å². The van der Waals surface area contributed by atoms with Crippen molar-refractivity contribution in [2.24, 2.45) is 10.7 Å². The summed E-state index contributed by atoms with van der Waals surface area (Å²) in [5.41, 5.74) is 18.3. The number of aldehydes is 1. The number of aryl methyl sites for hydroxylation is 2. The zero-order chi connectivity index (χ0) is 33.3. The van der Waals surface area contributed by atoms with Crippen molar-refractivity contribution in [2.75, 3.05) is 64.5 Å². The molecule has 4 atom stereocenters. The molecule has 0 saturated carbocycles. The van der Waals surface area contributed by atoms with E-state index in [9.17, 15) is 4.79 Å². The molecule has 0 bridgehead atoms. The summed E-state index contributed by atoms with van der Waals surface area (Å²) in [5, 5.41) is 3.09. The first kappa shape index (κ1) is 36.9. The molecule has 1 aromatic carbocycles. The minimum atomic E-state index is -0.149. The predicted molar refractivity (Wildman–Crippen MR) is 178 cm³/mol. The first-order valence-corrected chi connectivity index (χ1v) is 16.0. The molecule has 1 aromatic heterocycles. The molecule has 46 heavy (non-hydrogen) atoms. The number of benzene rings is 1. The molecule has 3 heterocycles. The Hall–Kier alpha value is -3.56. The standard InChI is InChI=1S/C26H44N4O5.C6H8N4O/c1-20-31-15-11-24(34-20)18-30(19-25-12-16-32-21(2)35-25)14-17-33-23-9-7-22(8-10-23)6-4-5-13-29-26(27)28-3;1-3-5(7)10-6(8)4(2-11)9-3/h7-10,20-21,24-25H,4-6,11-19H2,1-3H3,(H3,27,28,29);2H,1H3,(H4,7,8,10). The maximum atomic E-state index is 10.3. The molecule has 2 fully saturated rings. The van der Waals surface area contributed by atoms with Crippen LogP contribution in [0.15, 0.2) is 29.3 Å². The lowest BCUT2D eigenvalue weighted by molar-refractivity contribution is -0.216.